The number of ether oxygens (including phenoxy) is 1. The number of benzene rings is 1. The van der Waals surface area contributed by atoms with E-state index < -0.39 is 18.0 Å². The lowest BCUT2D eigenvalue weighted by molar-refractivity contribution is -0.0488. The molecule has 9 heteroatoms. The van der Waals surface area contributed by atoms with Gasteiger partial charge in [-0.2, -0.15) is 8.78 Å². The molecule has 1 aromatic carbocycles. The van der Waals surface area contributed by atoms with Crippen molar-refractivity contribution in [2.75, 3.05) is 18.0 Å². The molecule has 0 spiro atoms. The molecule has 150 valence electrons. The van der Waals surface area contributed by atoms with E-state index in [2.05, 4.69) is 0 Å². The van der Waals surface area contributed by atoms with Crippen LogP contribution in [0, 0.1) is 11.7 Å². The molecule has 3 aliphatic rings. The number of halogens is 3. The summed E-state index contributed by atoms with van der Waals surface area (Å²) in [6.07, 6.45) is 2.36. The van der Waals surface area contributed by atoms with Gasteiger partial charge in [0, 0.05) is 42.7 Å². The molecule has 2 aromatic rings. The van der Waals surface area contributed by atoms with Gasteiger partial charge in [0.1, 0.15) is 5.69 Å². The Kier molecular flexibility index (Phi) is 3.73. The van der Waals surface area contributed by atoms with Crippen molar-refractivity contribution in [3.05, 3.63) is 33.9 Å². The Morgan fingerprint density at radius 1 is 1.32 bits per heavy atom. The van der Waals surface area contributed by atoms with E-state index in [1.165, 1.54) is 16.7 Å². The highest BCUT2D eigenvalue weighted by atomic mass is 19.3. The van der Waals surface area contributed by atoms with Crippen molar-refractivity contribution in [3.63, 3.8) is 0 Å². The zero-order valence-electron chi connectivity index (χ0n) is 15.1. The number of aromatic nitrogens is 1. The fourth-order valence-electron chi connectivity index (χ4n) is 4.55. The van der Waals surface area contributed by atoms with Crippen molar-refractivity contribution >= 4 is 16.6 Å². The van der Waals surface area contributed by atoms with Crippen LogP contribution in [0.5, 0.6) is 5.75 Å². The molecule has 2 unspecified atom stereocenters. The first-order valence-electron chi connectivity index (χ1n) is 9.41. The number of fused-ring (bicyclic) bond motifs is 2. The Bertz CT molecular complexity index is 1040. The van der Waals surface area contributed by atoms with Crippen LogP contribution < -0.4 is 26.7 Å². The maximum atomic E-state index is 15.2. The normalized spacial score (nSPS) is 26.2. The van der Waals surface area contributed by atoms with Crippen LogP contribution in [0.15, 0.2) is 16.9 Å². The summed E-state index contributed by atoms with van der Waals surface area (Å²) in [6.45, 7) is -2.33. The molecular weight excluding hydrogens is 373 g/mol. The van der Waals surface area contributed by atoms with Crippen LogP contribution in [-0.4, -0.2) is 29.8 Å². The average Bonchev–Trinajstić information content (AvgIpc) is 3.52. The number of nitrogens with zero attached hydrogens (tertiary/aromatic N) is 2. The van der Waals surface area contributed by atoms with E-state index in [0.29, 0.717) is 24.0 Å². The van der Waals surface area contributed by atoms with E-state index in [1.54, 1.807) is 4.90 Å². The van der Waals surface area contributed by atoms with Crippen molar-refractivity contribution in [1.82, 2.24) is 4.57 Å². The number of rotatable bonds is 5. The van der Waals surface area contributed by atoms with Gasteiger partial charge < -0.3 is 25.7 Å². The standard InChI is InChI=1S/C19H21F3N4O2/c20-13-4-12-9(6-23)3-14(27)26(11-1-2-11)15(12)17(28-18(21)22)16(13)25-7-10-5-19(10,24)8-25/h3-4,10-11,18H,1-2,5-8,23-24H2. The van der Waals surface area contributed by atoms with Gasteiger partial charge in [0.25, 0.3) is 5.56 Å². The minimum Gasteiger partial charge on any atom is -0.430 e. The molecule has 0 bridgehead atoms. The fourth-order valence-corrected chi connectivity index (χ4v) is 4.55. The number of hydrogen-bond donors (Lipinski definition) is 2. The maximum Gasteiger partial charge on any atom is 0.387 e. The molecule has 1 aliphatic heterocycles. The van der Waals surface area contributed by atoms with Gasteiger partial charge in [0.05, 0.1) is 5.52 Å². The maximum absolute atomic E-state index is 15.2. The van der Waals surface area contributed by atoms with Gasteiger partial charge in [0.15, 0.2) is 11.6 Å². The molecule has 3 fully saturated rings. The highest BCUT2D eigenvalue weighted by Crippen LogP contribution is 2.52. The first-order chi connectivity index (χ1) is 13.3. The highest BCUT2D eigenvalue weighted by molar-refractivity contribution is 5.94. The minimum absolute atomic E-state index is 0.0121. The molecule has 28 heavy (non-hydrogen) atoms. The Labute approximate surface area is 158 Å². The van der Waals surface area contributed by atoms with E-state index >= 15 is 4.39 Å². The first-order valence-corrected chi connectivity index (χ1v) is 9.41. The quantitative estimate of drug-likeness (QED) is 0.811. The Hall–Kier alpha value is -2.26. The van der Waals surface area contributed by atoms with Crippen LogP contribution in [0.1, 0.15) is 30.9 Å². The predicted octanol–water partition coefficient (Wildman–Crippen LogP) is 2.07. The lowest BCUT2D eigenvalue weighted by Gasteiger charge is -2.27. The third-order valence-corrected chi connectivity index (χ3v) is 6.17. The van der Waals surface area contributed by atoms with Crippen molar-refractivity contribution in [2.45, 2.75) is 44.0 Å². The number of hydrogen-bond acceptors (Lipinski definition) is 5. The molecule has 0 radical (unpaired) electrons. The second-order valence-electron chi connectivity index (χ2n) is 8.14. The van der Waals surface area contributed by atoms with Crippen molar-refractivity contribution < 1.29 is 17.9 Å². The Balaban J connectivity index is 1.81. The molecule has 2 atom stereocenters. The number of pyridine rings is 1. The van der Waals surface area contributed by atoms with Gasteiger partial charge in [-0.1, -0.05) is 0 Å². The number of piperidine rings is 1. The topological polar surface area (TPSA) is 86.5 Å². The fraction of sp³-hybridized carbons (Fsp3) is 0.526. The molecule has 1 saturated heterocycles. The summed E-state index contributed by atoms with van der Waals surface area (Å²) in [4.78, 5) is 14.4. The van der Waals surface area contributed by atoms with Gasteiger partial charge in [-0.05, 0) is 36.8 Å². The molecule has 4 N–H and O–H groups in total. The van der Waals surface area contributed by atoms with Crippen LogP contribution >= 0.6 is 0 Å². The first kappa shape index (κ1) is 17.8. The number of alkyl halides is 2. The Morgan fingerprint density at radius 3 is 2.64 bits per heavy atom. The smallest absolute Gasteiger partial charge is 0.387 e. The largest absolute Gasteiger partial charge is 0.430 e. The van der Waals surface area contributed by atoms with Crippen LogP contribution in [0.25, 0.3) is 10.9 Å². The van der Waals surface area contributed by atoms with Gasteiger partial charge in [-0.25, -0.2) is 4.39 Å². The zero-order valence-corrected chi connectivity index (χ0v) is 15.1. The van der Waals surface area contributed by atoms with E-state index in [1.807, 2.05) is 0 Å². The van der Waals surface area contributed by atoms with Gasteiger partial charge in [-0.15, -0.1) is 0 Å². The van der Waals surface area contributed by atoms with Crippen molar-refractivity contribution in [3.8, 4) is 5.75 Å². The van der Waals surface area contributed by atoms with E-state index in [4.69, 9.17) is 16.2 Å². The highest BCUT2D eigenvalue weighted by Gasteiger charge is 2.58. The second-order valence-corrected chi connectivity index (χ2v) is 8.14. The number of nitrogens with two attached hydrogens (primary N) is 2. The summed E-state index contributed by atoms with van der Waals surface area (Å²) in [5.74, 6) is -0.763. The SMILES string of the molecule is NCc1cc(=O)n(C2CC2)c2c(OC(F)F)c(N3CC4CC4(N)C3)c(F)cc12. The molecular formula is C19H21F3N4O2. The van der Waals surface area contributed by atoms with Crippen LogP contribution in [0.4, 0.5) is 18.9 Å². The molecule has 6 nitrogen and oxygen atoms in total. The average molecular weight is 394 g/mol. The zero-order chi connectivity index (χ0) is 19.8. The molecule has 2 heterocycles. The van der Waals surface area contributed by atoms with E-state index in [9.17, 15) is 13.6 Å². The van der Waals surface area contributed by atoms with Crippen molar-refractivity contribution in [1.29, 1.82) is 0 Å². The monoisotopic (exact) mass is 394 g/mol. The summed E-state index contributed by atoms with van der Waals surface area (Å²) >= 11 is 0. The molecule has 5 rings (SSSR count). The van der Waals surface area contributed by atoms with Gasteiger partial charge >= 0.3 is 6.61 Å². The predicted molar refractivity (Wildman–Crippen MR) is 98.2 cm³/mol. The molecule has 1 aromatic heterocycles. The third-order valence-electron chi connectivity index (χ3n) is 6.17. The molecule has 2 saturated carbocycles. The lowest BCUT2D eigenvalue weighted by atomic mass is 10.1. The van der Waals surface area contributed by atoms with E-state index in [-0.39, 0.29) is 41.0 Å². The van der Waals surface area contributed by atoms with Gasteiger partial charge in [-0.3, -0.25) is 4.79 Å². The number of anilines is 1. The second kappa shape index (κ2) is 5.87. The van der Waals surface area contributed by atoms with Gasteiger partial charge in [0.2, 0.25) is 0 Å². The van der Waals surface area contributed by atoms with E-state index in [0.717, 1.165) is 19.3 Å². The molecule has 0 amide bonds. The summed E-state index contributed by atoms with van der Waals surface area (Å²) in [5, 5.41) is 0.331. The van der Waals surface area contributed by atoms with Crippen molar-refractivity contribution in [2.24, 2.45) is 17.4 Å². The summed E-state index contributed by atoms with van der Waals surface area (Å²) in [7, 11) is 0. The third kappa shape index (κ3) is 2.60. The summed E-state index contributed by atoms with van der Waals surface area (Å²) < 4.78 is 48.2. The summed E-state index contributed by atoms with van der Waals surface area (Å²) in [5.41, 5.74) is 11.8. The summed E-state index contributed by atoms with van der Waals surface area (Å²) in [6, 6.07) is 2.52. The Morgan fingerprint density at radius 2 is 2.07 bits per heavy atom. The minimum atomic E-state index is -3.16. The van der Waals surface area contributed by atoms with Crippen LogP contribution in [0.2, 0.25) is 0 Å². The van der Waals surface area contributed by atoms with Crippen LogP contribution in [0.3, 0.4) is 0 Å². The lowest BCUT2D eigenvalue weighted by Crippen LogP contribution is -2.34. The molecule has 2 aliphatic carbocycles. The van der Waals surface area contributed by atoms with Crippen LogP contribution in [-0.2, 0) is 6.54 Å².